The summed E-state index contributed by atoms with van der Waals surface area (Å²) >= 11 is 0. The standard InChI is InChI=1S/2C13H10N4O3.C7H5N3O2/c1-20-13-5-3-10(7-14-13)16-8-15-11-6-9(17(18)19)2-4-12(11)16;1-20-13-5-3-10(7-14-13)16-8-15-11-4-2-9(17(18)19)6-12(11)16;11-10(12)5-1-2-6-7(3-5)9-4-8-6/h2*2-8H,1H3;1-4H,(H,8,9). The van der Waals surface area contributed by atoms with E-state index in [1.54, 1.807) is 67.1 Å². The number of rotatable bonds is 7. The van der Waals surface area contributed by atoms with Gasteiger partial charge in [0, 0.05) is 48.5 Å². The van der Waals surface area contributed by atoms with Crippen LogP contribution in [-0.4, -0.2) is 68.0 Å². The summed E-state index contributed by atoms with van der Waals surface area (Å²) in [6.07, 6.45) is 8.00. The van der Waals surface area contributed by atoms with E-state index >= 15 is 0 Å². The molecule has 52 heavy (non-hydrogen) atoms. The number of pyridine rings is 2. The maximum atomic E-state index is 10.8. The van der Waals surface area contributed by atoms with Gasteiger partial charge in [-0.15, -0.1) is 0 Å². The highest BCUT2D eigenvalue weighted by atomic mass is 16.6. The Morgan fingerprint density at radius 3 is 1.63 bits per heavy atom. The number of nitro benzene ring substituents is 3. The smallest absolute Gasteiger partial charge is 0.271 e. The number of nitro groups is 3. The van der Waals surface area contributed by atoms with Crippen LogP contribution in [0.15, 0.2) is 110 Å². The molecule has 0 aliphatic carbocycles. The summed E-state index contributed by atoms with van der Waals surface area (Å²) in [5.41, 5.74) is 5.80. The largest absolute Gasteiger partial charge is 0.481 e. The van der Waals surface area contributed by atoms with Crippen LogP contribution >= 0.6 is 0 Å². The number of aromatic amines is 1. The Bertz CT molecular complexity index is 2550. The molecular formula is C33H25N11O8. The summed E-state index contributed by atoms with van der Waals surface area (Å²) in [4.78, 5) is 54.0. The fraction of sp³-hybridized carbons (Fsp3) is 0.0606. The van der Waals surface area contributed by atoms with Crippen LogP contribution < -0.4 is 9.47 Å². The van der Waals surface area contributed by atoms with E-state index in [1.807, 2.05) is 16.7 Å². The molecule has 5 heterocycles. The second-order valence-corrected chi connectivity index (χ2v) is 10.6. The van der Waals surface area contributed by atoms with Gasteiger partial charge < -0.3 is 14.5 Å². The number of fused-ring (bicyclic) bond motifs is 3. The van der Waals surface area contributed by atoms with Crippen LogP contribution in [0, 0.1) is 30.3 Å². The van der Waals surface area contributed by atoms with Gasteiger partial charge in [-0.2, -0.15) is 0 Å². The molecule has 0 amide bonds. The van der Waals surface area contributed by atoms with Gasteiger partial charge in [0.25, 0.3) is 17.1 Å². The molecule has 19 heteroatoms. The first-order valence-corrected chi connectivity index (χ1v) is 15.0. The summed E-state index contributed by atoms with van der Waals surface area (Å²) in [6.45, 7) is 0. The van der Waals surface area contributed by atoms with Gasteiger partial charge in [-0.1, -0.05) is 0 Å². The summed E-state index contributed by atoms with van der Waals surface area (Å²) in [6, 6.07) is 20.8. The Labute approximate surface area is 291 Å². The van der Waals surface area contributed by atoms with Crippen LogP contribution in [-0.2, 0) is 0 Å². The van der Waals surface area contributed by atoms with Crippen molar-refractivity contribution in [3.05, 3.63) is 141 Å². The molecule has 0 aliphatic rings. The van der Waals surface area contributed by atoms with Crippen molar-refractivity contribution in [2.75, 3.05) is 14.2 Å². The number of hydrogen-bond acceptors (Lipinski definition) is 13. The lowest BCUT2D eigenvalue weighted by Gasteiger charge is -2.04. The molecule has 0 bridgehead atoms. The molecule has 0 atom stereocenters. The van der Waals surface area contributed by atoms with Crippen LogP contribution in [0.1, 0.15) is 0 Å². The number of hydrogen-bond donors (Lipinski definition) is 1. The average molecular weight is 704 g/mol. The number of nitrogens with one attached hydrogen (secondary N) is 1. The Morgan fingerprint density at radius 2 is 1.08 bits per heavy atom. The second-order valence-electron chi connectivity index (χ2n) is 10.6. The monoisotopic (exact) mass is 703 g/mol. The van der Waals surface area contributed by atoms with Crippen molar-refractivity contribution >= 4 is 50.2 Å². The molecule has 1 N–H and O–H groups in total. The van der Waals surface area contributed by atoms with Gasteiger partial charge in [0.15, 0.2) is 0 Å². The number of methoxy groups -OCH3 is 2. The molecule has 0 saturated carbocycles. The Kier molecular flexibility index (Phi) is 9.65. The molecule has 260 valence electrons. The molecular weight excluding hydrogens is 678 g/mol. The van der Waals surface area contributed by atoms with Crippen molar-refractivity contribution < 1.29 is 24.2 Å². The van der Waals surface area contributed by atoms with E-state index in [0.29, 0.717) is 33.8 Å². The van der Waals surface area contributed by atoms with E-state index in [0.717, 1.165) is 22.4 Å². The minimum absolute atomic E-state index is 0.0237. The summed E-state index contributed by atoms with van der Waals surface area (Å²) in [5, 5.41) is 31.9. The highest BCUT2D eigenvalue weighted by molar-refractivity contribution is 5.81. The number of imidazole rings is 3. The third-order valence-corrected chi connectivity index (χ3v) is 7.51. The minimum atomic E-state index is -0.437. The zero-order valence-electron chi connectivity index (χ0n) is 27.1. The van der Waals surface area contributed by atoms with Gasteiger partial charge in [0.05, 0.1) is 92.2 Å². The lowest BCUT2D eigenvalue weighted by atomic mass is 10.2. The lowest BCUT2D eigenvalue weighted by Crippen LogP contribution is -1.95. The molecule has 0 spiro atoms. The molecule has 0 radical (unpaired) electrons. The molecule has 8 aromatic rings. The van der Waals surface area contributed by atoms with E-state index in [2.05, 4.69) is 29.9 Å². The Balaban J connectivity index is 0.000000138. The van der Waals surface area contributed by atoms with E-state index in [-0.39, 0.29) is 17.1 Å². The van der Waals surface area contributed by atoms with Crippen LogP contribution in [0.2, 0.25) is 0 Å². The molecule has 8 rings (SSSR count). The molecule has 0 aliphatic heterocycles. The van der Waals surface area contributed by atoms with Crippen molar-refractivity contribution in [3.63, 3.8) is 0 Å². The molecule has 3 aromatic carbocycles. The SMILES string of the molecule is COc1ccc(-n2cnc3cc([N+](=O)[O-])ccc32)cn1.COc1ccc(-n2cnc3ccc([N+](=O)[O-])cc32)cn1.O=[N+]([O-])c1ccc2nc[nH]c2c1. The zero-order valence-corrected chi connectivity index (χ0v) is 27.1. The van der Waals surface area contributed by atoms with Gasteiger partial charge in [0.2, 0.25) is 11.8 Å². The van der Waals surface area contributed by atoms with Crippen LogP contribution in [0.25, 0.3) is 44.5 Å². The van der Waals surface area contributed by atoms with E-state index in [1.165, 1.54) is 49.8 Å². The van der Waals surface area contributed by atoms with Crippen LogP contribution in [0.4, 0.5) is 17.1 Å². The number of non-ortho nitro benzene ring substituents is 3. The first kappa shape index (κ1) is 34.0. The predicted octanol–water partition coefficient (Wildman–Crippen LogP) is 6.15. The number of H-pyrrole nitrogens is 1. The van der Waals surface area contributed by atoms with Gasteiger partial charge in [-0.3, -0.25) is 39.5 Å². The van der Waals surface area contributed by atoms with Crippen molar-refractivity contribution in [1.82, 2.24) is 39.0 Å². The molecule has 5 aromatic heterocycles. The fourth-order valence-electron chi connectivity index (χ4n) is 4.94. The van der Waals surface area contributed by atoms with Crippen molar-refractivity contribution in [1.29, 1.82) is 0 Å². The molecule has 19 nitrogen and oxygen atoms in total. The summed E-state index contributed by atoms with van der Waals surface area (Å²) < 4.78 is 13.6. The molecule has 0 unspecified atom stereocenters. The van der Waals surface area contributed by atoms with Crippen molar-refractivity contribution in [2.45, 2.75) is 0 Å². The fourth-order valence-corrected chi connectivity index (χ4v) is 4.94. The van der Waals surface area contributed by atoms with Crippen molar-refractivity contribution in [3.8, 4) is 23.1 Å². The lowest BCUT2D eigenvalue weighted by molar-refractivity contribution is -0.384. The maximum Gasteiger partial charge on any atom is 0.271 e. The normalized spacial score (nSPS) is 10.6. The van der Waals surface area contributed by atoms with Gasteiger partial charge >= 0.3 is 0 Å². The first-order valence-electron chi connectivity index (χ1n) is 15.0. The van der Waals surface area contributed by atoms with Gasteiger partial charge in [-0.25, -0.2) is 24.9 Å². The van der Waals surface area contributed by atoms with E-state index < -0.39 is 14.8 Å². The Hall–Kier alpha value is -7.83. The molecule has 0 saturated heterocycles. The van der Waals surface area contributed by atoms with Gasteiger partial charge in [0.1, 0.15) is 12.7 Å². The summed E-state index contributed by atoms with van der Waals surface area (Å²) in [5.74, 6) is 1.03. The second kappa shape index (κ2) is 14.7. The van der Waals surface area contributed by atoms with Crippen LogP contribution in [0.3, 0.4) is 0 Å². The van der Waals surface area contributed by atoms with E-state index in [9.17, 15) is 30.3 Å². The number of ether oxygens (including phenoxy) is 2. The van der Waals surface area contributed by atoms with Crippen LogP contribution in [0.5, 0.6) is 11.8 Å². The quantitative estimate of drug-likeness (QED) is 0.145. The highest BCUT2D eigenvalue weighted by Gasteiger charge is 2.13. The zero-order chi connectivity index (χ0) is 36.8. The van der Waals surface area contributed by atoms with Gasteiger partial charge in [-0.05, 0) is 30.3 Å². The average Bonchev–Trinajstić information content (AvgIpc) is 3.93. The Morgan fingerprint density at radius 1 is 0.558 bits per heavy atom. The number of nitrogens with zero attached hydrogens (tertiary/aromatic N) is 10. The minimum Gasteiger partial charge on any atom is -0.481 e. The maximum absolute atomic E-state index is 10.8. The first-order chi connectivity index (χ1) is 25.1. The number of benzene rings is 3. The highest BCUT2D eigenvalue weighted by Crippen LogP contribution is 2.25. The number of aromatic nitrogens is 8. The third-order valence-electron chi connectivity index (χ3n) is 7.51. The topological polar surface area (TPSA) is 238 Å². The molecule has 0 fully saturated rings. The summed E-state index contributed by atoms with van der Waals surface area (Å²) in [7, 11) is 3.09. The van der Waals surface area contributed by atoms with Crippen molar-refractivity contribution in [2.24, 2.45) is 0 Å². The third kappa shape index (κ3) is 7.27. The van der Waals surface area contributed by atoms with E-state index in [4.69, 9.17) is 9.47 Å². The predicted molar refractivity (Wildman–Crippen MR) is 187 cm³/mol.